The molecule has 2 aromatic rings. The summed E-state index contributed by atoms with van der Waals surface area (Å²) in [5.41, 5.74) is -0.952. The summed E-state index contributed by atoms with van der Waals surface area (Å²) in [5.74, 6) is 0.117. The second-order valence-electron chi connectivity index (χ2n) is 7.48. The molecule has 1 amide bonds. The number of carbonyl (C=O) groups excluding carboxylic acids is 1. The number of nitro benzene ring substituents is 1. The maximum Gasteiger partial charge on any atom is 0.416 e. The topological polar surface area (TPSA) is 91.6 Å². The molecule has 1 fully saturated rings. The van der Waals surface area contributed by atoms with E-state index in [4.69, 9.17) is 0 Å². The molecule has 31 heavy (non-hydrogen) atoms. The Morgan fingerprint density at radius 3 is 2.52 bits per heavy atom. The number of amides is 1. The molecule has 0 unspecified atom stereocenters. The van der Waals surface area contributed by atoms with E-state index in [0.717, 1.165) is 12.1 Å². The Morgan fingerprint density at radius 2 is 1.94 bits per heavy atom. The van der Waals surface area contributed by atoms with E-state index in [-0.39, 0.29) is 17.5 Å². The third-order valence-electron chi connectivity index (χ3n) is 5.17. The Balaban J connectivity index is 1.70. The minimum Gasteiger partial charge on any atom is -0.366 e. The van der Waals surface area contributed by atoms with Crippen molar-refractivity contribution < 1.29 is 22.9 Å². The van der Waals surface area contributed by atoms with E-state index < -0.39 is 22.4 Å². The SMILES string of the molecule is CN(C)c1ncccc1NC(=O)C1CCN(c2ccc(C(F)(F)F)cc2[N+](=O)[O-])CC1. The van der Waals surface area contributed by atoms with Crippen LogP contribution in [0.15, 0.2) is 36.5 Å². The molecule has 1 aliphatic heterocycles. The van der Waals surface area contributed by atoms with Gasteiger partial charge in [0.25, 0.3) is 5.69 Å². The van der Waals surface area contributed by atoms with Crippen LogP contribution < -0.4 is 15.1 Å². The van der Waals surface area contributed by atoms with Crippen molar-refractivity contribution in [2.75, 3.05) is 42.3 Å². The van der Waals surface area contributed by atoms with Gasteiger partial charge in [-0.15, -0.1) is 0 Å². The highest BCUT2D eigenvalue weighted by atomic mass is 19.4. The van der Waals surface area contributed by atoms with E-state index in [1.54, 1.807) is 28.1 Å². The number of halogens is 3. The maximum atomic E-state index is 12.9. The molecule has 3 rings (SSSR count). The molecule has 1 N–H and O–H groups in total. The third-order valence-corrected chi connectivity index (χ3v) is 5.17. The second kappa shape index (κ2) is 8.78. The number of aromatic nitrogens is 1. The fraction of sp³-hybridized carbons (Fsp3) is 0.400. The fourth-order valence-corrected chi connectivity index (χ4v) is 3.58. The van der Waals surface area contributed by atoms with Crippen LogP contribution in [-0.2, 0) is 11.0 Å². The van der Waals surface area contributed by atoms with Gasteiger partial charge in [0, 0.05) is 45.4 Å². The summed E-state index contributed by atoms with van der Waals surface area (Å²) in [4.78, 5) is 30.9. The quantitative estimate of drug-likeness (QED) is 0.563. The van der Waals surface area contributed by atoms with Crippen molar-refractivity contribution in [2.45, 2.75) is 19.0 Å². The zero-order valence-electron chi connectivity index (χ0n) is 17.0. The van der Waals surface area contributed by atoms with Crippen molar-refractivity contribution in [3.05, 3.63) is 52.2 Å². The Labute approximate surface area is 176 Å². The lowest BCUT2D eigenvalue weighted by Crippen LogP contribution is -2.38. The van der Waals surface area contributed by atoms with Crippen molar-refractivity contribution >= 4 is 28.8 Å². The molecule has 1 aromatic heterocycles. The molecule has 0 saturated carbocycles. The van der Waals surface area contributed by atoms with Gasteiger partial charge in [-0.25, -0.2) is 4.98 Å². The van der Waals surface area contributed by atoms with Crippen molar-refractivity contribution in [1.29, 1.82) is 0 Å². The number of nitrogens with zero attached hydrogens (tertiary/aromatic N) is 4. The minimum atomic E-state index is -4.66. The number of hydrogen-bond acceptors (Lipinski definition) is 6. The Kier molecular flexibility index (Phi) is 6.32. The molecule has 0 atom stereocenters. The molecule has 1 saturated heterocycles. The maximum absolute atomic E-state index is 12.9. The van der Waals surface area contributed by atoms with Crippen LogP contribution in [0.1, 0.15) is 18.4 Å². The molecule has 166 valence electrons. The lowest BCUT2D eigenvalue weighted by molar-refractivity contribution is -0.384. The molecule has 11 heteroatoms. The van der Waals surface area contributed by atoms with Crippen LogP contribution in [0.25, 0.3) is 0 Å². The summed E-state index contributed by atoms with van der Waals surface area (Å²) < 4.78 is 38.7. The van der Waals surface area contributed by atoms with Crippen molar-refractivity contribution in [1.82, 2.24) is 4.98 Å². The van der Waals surface area contributed by atoms with Crippen LogP contribution in [0, 0.1) is 16.0 Å². The van der Waals surface area contributed by atoms with Gasteiger partial charge >= 0.3 is 6.18 Å². The Morgan fingerprint density at radius 1 is 1.26 bits per heavy atom. The number of alkyl halides is 3. The molecule has 0 radical (unpaired) electrons. The first-order valence-corrected chi connectivity index (χ1v) is 9.61. The van der Waals surface area contributed by atoms with E-state index in [2.05, 4.69) is 10.3 Å². The monoisotopic (exact) mass is 437 g/mol. The highest BCUT2D eigenvalue weighted by Gasteiger charge is 2.35. The standard InChI is InChI=1S/C20H22F3N5O3/c1-26(2)18-15(4-3-9-24-18)25-19(29)13-7-10-27(11-8-13)16-6-5-14(20(21,22)23)12-17(16)28(30)31/h3-6,9,12-13H,7-8,10-11H2,1-2H3,(H,25,29). The van der Waals surface area contributed by atoms with E-state index in [1.165, 1.54) is 0 Å². The number of nitro groups is 1. The average Bonchev–Trinajstić information content (AvgIpc) is 2.73. The van der Waals surface area contributed by atoms with Crippen molar-refractivity contribution in [2.24, 2.45) is 5.92 Å². The lowest BCUT2D eigenvalue weighted by atomic mass is 9.95. The van der Waals surface area contributed by atoms with Gasteiger partial charge in [0.2, 0.25) is 5.91 Å². The van der Waals surface area contributed by atoms with Crippen LogP contribution >= 0.6 is 0 Å². The van der Waals surface area contributed by atoms with Gasteiger partial charge in [-0.2, -0.15) is 13.2 Å². The fourth-order valence-electron chi connectivity index (χ4n) is 3.58. The number of carbonyl (C=O) groups is 1. The predicted octanol–water partition coefficient (Wildman–Crippen LogP) is 3.93. The molecule has 2 heterocycles. The number of benzene rings is 1. The van der Waals surface area contributed by atoms with Gasteiger partial charge in [-0.1, -0.05) is 0 Å². The van der Waals surface area contributed by atoms with Crippen LogP contribution in [0.2, 0.25) is 0 Å². The first kappa shape index (κ1) is 22.3. The highest BCUT2D eigenvalue weighted by Crippen LogP contribution is 2.37. The second-order valence-corrected chi connectivity index (χ2v) is 7.48. The van der Waals surface area contributed by atoms with Crippen molar-refractivity contribution in [3.63, 3.8) is 0 Å². The Bertz CT molecular complexity index is 973. The van der Waals surface area contributed by atoms with Gasteiger partial charge in [0.05, 0.1) is 16.2 Å². The molecule has 0 bridgehead atoms. The molecule has 0 aliphatic carbocycles. The summed E-state index contributed by atoms with van der Waals surface area (Å²) in [7, 11) is 3.63. The minimum absolute atomic E-state index is 0.124. The summed E-state index contributed by atoms with van der Waals surface area (Å²) in [6.07, 6.45) is -2.20. The summed E-state index contributed by atoms with van der Waals surface area (Å²) in [6.45, 7) is 0.635. The first-order chi connectivity index (χ1) is 14.6. The summed E-state index contributed by atoms with van der Waals surface area (Å²) in [5, 5.41) is 14.2. The van der Waals surface area contributed by atoms with E-state index in [0.29, 0.717) is 43.5 Å². The number of nitrogens with one attached hydrogen (secondary N) is 1. The predicted molar refractivity (Wildman–Crippen MR) is 110 cm³/mol. The first-order valence-electron chi connectivity index (χ1n) is 9.61. The number of rotatable bonds is 5. The van der Waals surface area contributed by atoms with Gasteiger partial charge in [-0.05, 0) is 37.1 Å². The molecule has 0 spiro atoms. The van der Waals surface area contributed by atoms with Gasteiger partial charge in [0.1, 0.15) is 5.69 Å². The van der Waals surface area contributed by atoms with Crippen molar-refractivity contribution in [3.8, 4) is 0 Å². The van der Waals surface area contributed by atoms with E-state index in [1.807, 2.05) is 14.1 Å². The zero-order chi connectivity index (χ0) is 22.8. The summed E-state index contributed by atoms with van der Waals surface area (Å²) >= 11 is 0. The molecular weight excluding hydrogens is 415 g/mol. The smallest absolute Gasteiger partial charge is 0.366 e. The van der Waals surface area contributed by atoms with Gasteiger partial charge in [-0.3, -0.25) is 14.9 Å². The zero-order valence-corrected chi connectivity index (χ0v) is 17.0. The number of pyridine rings is 1. The van der Waals surface area contributed by atoms with Gasteiger partial charge in [0.15, 0.2) is 5.82 Å². The molecule has 1 aliphatic rings. The third kappa shape index (κ3) is 5.04. The largest absolute Gasteiger partial charge is 0.416 e. The summed E-state index contributed by atoms with van der Waals surface area (Å²) in [6, 6.07) is 5.99. The van der Waals surface area contributed by atoms with Crippen LogP contribution in [-0.4, -0.2) is 43.0 Å². The van der Waals surface area contributed by atoms with Crippen LogP contribution in [0.5, 0.6) is 0 Å². The van der Waals surface area contributed by atoms with E-state index >= 15 is 0 Å². The molecule has 1 aromatic carbocycles. The van der Waals surface area contributed by atoms with Crippen LogP contribution in [0.4, 0.5) is 36.1 Å². The number of hydrogen-bond donors (Lipinski definition) is 1. The average molecular weight is 437 g/mol. The van der Waals surface area contributed by atoms with Gasteiger partial charge < -0.3 is 15.1 Å². The van der Waals surface area contributed by atoms with E-state index in [9.17, 15) is 28.1 Å². The Hall–Kier alpha value is -3.37. The highest BCUT2D eigenvalue weighted by molar-refractivity contribution is 5.95. The normalized spacial score (nSPS) is 14.9. The van der Waals surface area contributed by atoms with Crippen LogP contribution in [0.3, 0.4) is 0 Å². The molecular formula is C20H22F3N5O3. The lowest BCUT2D eigenvalue weighted by Gasteiger charge is -2.33. The number of piperidine rings is 1. The number of anilines is 3. The molecule has 8 nitrogen and oxygen atoms in total.